The molecule has 2 heterocycles. The molecule has 0 saturated heterocycles. The average Bonchev–Trinajstić information content (AvgIpc) is 3.24. The summed E-state index contributed by atoms with van der Waals surface area (Å²) in [5.74, 6) is 1.29. The molecule has 0 aliphatic carbocycles. The van der Waals surface area contributed by atoms with Gasteiger partial charge >= 0.3 is 0 Å². The number of fused-ring (bicyclic) bond motifs is 2. The third-order valence-corrected chi connectivity index (χ3v) is 4.15. The first-order valence-corrected chi connectivity index (χ1v) is 7.88. The summed E-state index contributed by atoms with van der Waals surface area (Å²) in [6.45, 7) is 0.791. The highest BCUT2D eigenvalue weighted by Crippen LogP contribution is 2.32. The Labute approximate surface area is 144 Å². The molecule has 6 nitrogen and oxygen atoms in total. The van der Waals surface area contributed by atoms with Gasteiger partial charge in [-0.2, -0.15) is 5.26 Å². The van der Waals surface area contributed by atoms with E-state index < -0.39 is 0 Å². The number of nitriles is 1. The molecule has 0 saturated carbocycles. The minimum atomic E-state index is -0.122. The van der Waals surface area contributed by atoms with Gasteiger partial charge in [-0.15, -0.1) is 0 Å². The number of benzene rings is 2. The van der Waals surface area contributed by atoms with E-state index in [-0.39, 0.29) is 19.2 Å². The molecule has 124 valence electrons. The smallest absolute Gasteiger partial charge is 0.240 e. The van der Waals surface area contributed by atoms with E-state index in [4.69, 9.17) is 9.47 Å². The molecular weight excluding hydrogens is 318 g/mol. The lowest BCUT2D eigenvalue weighted by Gasteiger charge is -2.08. The third-order valence-electron chi connectivity index (χ3n) is 4.15. The summed E-state index contributed by atoms with van der Waals surface area (Å²) in [6, 6.07) is 15.3. The maximum absolute atomic E-state index is 12.3. The Morgan fingerprint density at radius 3 is 2.92 bits per heavy atom. The Balaban J connectivity index is 1.45. The second-order valence-corrected chi connectivity index (χ2v) is 5.76. The number of ether oxygens (including phenoxy) is 2. The van der Waals surface area contributed by atoms with Crippen molar-refractivity contribution >= 4 is 16.8 Å². The number of hydrogen-bond donors (Lipinski definition) is 1. The Kier molecular flexibility index (Phi) is 3.75. The normalized spacial score (nSPS) is 12.1. The highest BCUT2D eigenvalue weighted by Gasteiger charge is 2.14. The summed E-state index contributed by atoms with van der Waals surface area (Å²) in [5.41, 5.74) is 2.38. The van der Waals surface area contributed by atoms with Crippen LogP contribution in [0.1, 0.15) is 11.1 Å². The van der Waals surface area contributed by atoms with Gasteiger partial charge in [-0.05, 0) is 23.8 Å². The molecule has 0 spiro atoms. The molecule has 0 bridgehead atoms. The molecule has 1 aromatic heterocycles. The van der Waals surface area contributed by atoms with Gasteiger partial charge in [-0.3, -0.25) is 4.79 Å². The van der Waals surface area contributed by atoms with Crippen molar-refractivity contribution < 1.29 is 14.3 Å². The predicted molar refractivity (Wildman–Crippen MR) is 91.1 cm³/mol. The van der Waals surface area contributed by atoms with E-state index in [2.05, 4.69) is 11.4 Å². The van der Waals surface area contributed by atoms with Crippen LogP contribution in [0.2, 0.25) is 0 Å². The van der Waals surface area contributed by atoms with Gasteiger partial charge < -0.3 is 19.4 Å². The summed E-state index contributed by atoms with van der Waals surface area (Å²) in [7, 11) is 0. The Morgan fingerprint density at radius 2 is 2.04 bits per heavy atom. The number of rotatable bonds is 4. The van der Waals surface area contributed by atoms with Crippen LogP contribution in [0.15, 0.2) is 48.7 Å². The van der Waals surface area contributed by atoms with Crippen molar-refractivity contribution in [3.05, 3.63) is 59.8 Å². The number of carbonyl (C=O) groups excluding carboxylic acids is 1. The molecule has 6 heteroatoms. The van der Waals surface area contributed by atoms with Gasteiger partial charge in [-0.1, -0.05) is 24.3 Å². The summed E-state index contributed by atoms with van der Waals surface area (Å²) < 4.78 is 12.4. The van der Waals surface area contributed by atoms with Crippen LogP contribution in [-0.2, 0) is 17.9 Å². The highest BCUT2D eigenvalue weighted by molar-refractivity contribution is 5.88. The zero-order chi connectivity index (χ0) is 17.2. The molecule has 0 radical (unpaired) electrons. The van der Waals surface area contributed by atoms with Gasteiger partial charge in [0, 0.05) is 23.6 Å². The maximum Gasteiger partial charge on any atom is 0.240 e. The zero-order valence-electron chi connectivity index (χ0n) is 13.4. The maximum atomic E-state index is 12.3. The number of nitrogens with zero attached hydrogens (tertiary/aromatic N) is 2. The molecule has 1 N–H and O–H groups in total. The monoisotopic (exact) mass is 333 g/mol. The number of nitrogens with one attached hydrogen (secondary N) is 1. The van der Waals surface area contributed by atoms with Gasteiger partial charge in [-0.25, -0.2) is 0 Å². The fourth-order valence-electron chi connectivity index (χ4n) is 2.93. The molecule has 4 rings (SSSR count). The van der Waals surface area contributed by atoms with Crippen LogP contribution in [0.25, 0.3) is 10.9 Å². The van der Waals surface area contributed by atoms with Crippen LogP contribution >= 0.6 is 0 Å². The standard InChI is InChI=1S/C19H15N3O3/c20-8-14-10-22(16-4-2-1-3-15(14)16)11-19(23)21-9-13-5-6-17-18(7-13)25-12-24-17/h1-7,10H,9,11-12H2,(H,21,23). The second kappa shape index (κ2) is 6.21. The SMILES string of the molecule is N#Cc1cn(CC(=O)NCc2ccc3c(c2)OCO3)c2ccccc12. The van der Waals surface area contributed by atoms with Crippen molar-refractivity contribution in [3.8, 4) is 17.6 Å². The lowest BCUT2D eigenvalue weighted by atomic mass is 10.2. The van der Waals surface area contributed by atoms with E-state index in [1.165, 1.54) is 0 Å². The first-order valence-electron chi connectivity index (χ1n) is 7.88. The minimum Gasteiger partial charge on any atom is -0.454 e. The molecule has 0 atom stereocenters. The predicted octanol–water partition coefficient (Wildman–Crippen LogP) is 2.56. The molecule has 0 fully saturated rings. The number of carbonyl (C=O) groups is 1. The van der Waals surface area contributed by atoms with Crippen molar-refractivity contribution in [2.24, 2.45) is 0 Å². The summed E-state index contributed by atoms with van der Waals surface area (Å²) in [5, 5.41) is 13.0. The van der Waals surface area contributed by atoms with Crippen molar-refractivity contribution in [2.75, 3.05) is 6.79 Å². The molecular formula is C19H15N3O3. The number of aromatic nitrogens is 1. The lowest BCUT2D eigenvalue weighted by molar-refractivity contribution is -0.121. The van der Waals surface area contributed by atoms with Crippen molar-refractivity contribution in [2.45, 2.75) is 13.1 Å². The van der Waals surface area contributed by atoms with Crippen LogP contribution in [0.5, 0.6) is 11.5 Å². The van der Waals surface area contributed by atoms with Crippen LogP contribution in [0, 0.1) is 11.3 Å². The topological polar surface area (TPSA) is 76.3 Å². The largest absolute Gasteiger partial charge is 0.454 e. The molecule has 1 amide bonds. The Hall–Kier alpha value is -3.46. The van der Waals surface area contributed by atoms with Gasteiger partial charge in [0.05, 0.1) is 5.56 Å². The van der Waals surface area contributed by atoms with E-state index in [0.717, 1.165) is 22.2 Å². The average molecular weight is 333 g/mol. The summed E-state index contributed by atoms with van der Waals surface area (Å²) >= 11 is 0. The van der Waals surface area contributed by atoms with Crippen LogP contribution < -0.4 is 14.8 Å². The fourth-order valence-corrected chi connectivity index (χ4v) is 2.93. The molecule has 2 aromatic carbocycles. The zero-order valence-corrected chi connectivity index (χ0v) is 13.4. The van der Waals surface area contributed by atoms with Gasteiger partial charge in [0.1, 0.15) is 12.6 Å². The molecule has 1 aliphatic heterocycles. The van der Waals surface area contributed by atoms with Gasteiger partial charge in [0.15, 0.2) is 11.5 Å². The van der Waals surface area contributed by atoms with Crippen LogP contribution in [-0.4, -0.2) is 17.3 Å². The Morgan fingerprint density at radius 1 is 1.20 bits per heavy atom. The molecule has 3 aromatic rings. The fraction of sp³-hybridized carbons (Fsp3) is 0.158. The Bertz CT molecular complexity index is 1000. The van der Waals surface area contributed by atoms with Crippen LogP contribution in [0.3, 0.4) is 0 Å². The van der Waals surface area contributed by atoms with E-state index in [1.807, 2.05) is 42.5 Å². The first-order chi connectivity index (χ1) is 12.2. The quantitative estimate of drug-likeness (QED) is 0.796. The summed E-state index contributed by atoms with van der Waals surface area (Å²) in [4.78, 5) is 12.3. The third kappa shape index (κ3) is 2.88. The van der Waals surface area contributed by atoms with Gasteiger partial charge in [0.25, 0.3) is 0 Å². The number of amides is 1. The molecule has 1 aliphatic rings. The van der Waals surface area contributed by atoms with E-state index in [9.17, 15) is 10.1 Å². The number of hydrogen-bond acceptors (Lipinski definition) is 4. The second-order valence-electron chi connectivity index (χ2n) is 5.76. The lowest BCUT2D eigenvalue weighted by Crippen LogP contribution is -2.26. The van der Waals surface area contributed by atoms with Crippen molar-refractivity contribution in [1.29, 1.82) is 5.26 Å². The van der Waals surface area contributed by atoms with Crippen LogP contribution in [0.4, 0.5) is 0 Å². The minimum absolute atomic E-state index is 0.122. The van der Waals surface area contributed by atoms with E-state index in [1.54, 1.807) is 10.8 Å². The van der Waals surface area contributed by atoms with E-state index in [0.29, 0.717) is 17.9 Å². The molecule has 25 heavy (non-hydrogen) atoms. The highest BCUT2D eigenvalue weighted by atomic mass is 16.7. The number of para-hydroxylation sites is 1. The van der Waals surface area contributed by atoms with Gasteiger partial charge in [0.2, 0.25) is 12.7 Å². The van der Waals surface area contributed by atoms with Crippen molar-refractivity contribution in [3.63, 3.8) is 0 Å². The van der Waals surface area contributed by atoms with E-state index >= 15 is 0 Å². The molecule has 0 unspecified atom stereocenters. The first kappa shape index (κ1) is 15.1. The van der Waals surface area contributed by atoms with Crippen molar-refractivity contribution in [1.82, 2.24) is 9.88 Å². The summed E-state index contributed by atoms with van der Waals surface area (Å²) in [6.07, 6.45) is 1.71.